The van der Waals surface area contributed by atoms with Gasteiger partial charge in [0.25, 0.3) is 0 Å². The first kappa shape index (κ1) is 7.46. The minimum atomic E-state index is 0.175. The first-order chi connectivity index (χ1) is 6.36. The molecule has 0 N–H and O–H groups in total. The second kappa shape index (κ2) is 2.52. The summed E-state index contributed by atoms with van der Waals surface area (Å²) in [5, 5.41) is 8.14. The van der Waals surface area contributed by atoms with Crippen LogP contribution in [0.25, 0.3) is 0 Å². The molecular weight excluding hydrogens is 170 g/mol. The number of nitrogens with zero attached hydrogens (tertiary/aromatic N) is 3. The van der Waals surface area contributed by atoms with Gasteiger partial charge in [0.05, 0.1) is 31.2 Å². The fourth-order valence-electron chi connectivity index (χ4n) is 1.93. The summed E-state index contributed by atoms with van der Waals surface area (Å²) < 4.78 is 12.9. The van der Waals surface area contributed by atoms with E-state index in [0.717, 1.165) is 11.4 Å². The highest BCUT2D eigenvalue weighted by molar-refractivity contribution is 5.10. The molecule has 5 nitrogen and oxygen atoms in total. The van der Waals surface area contributed by atoms with Gasteiger partial charge in [0.1, 0.15) is 12.1 Å². The molecule has 0 radical (unpaired) electrons. The monoisotopic (exact) mass is 181 g/mol. The Labute approximate surface area is 75.6 Å². The molecule has 1 saturated heterocycles. The molecule has 13 heavy (non-hydrogen) atoms. The summed E-state index contributed by atoms with van der Waals surface area (Å²) in [4.78, 5) is 0. The van der Waals surface area contributed by atoms with E-state index in [-0.39, 0.29) is 12.1 Å². The van der Waals surface area contributed by atoms with Gasteiger partial charge in [-0.3, -0.25) is 0 Å². The van der Waals surface area contributed by atoms with Crippen molar-refractivity contribution in [2.75, 3.05) is 13.2 Å². The Hall–Kier alpha value is -0.940. The molecule has 2 atom stereocenters. The van der Waals surface area contributed by atoms with Crippen LogP contribution in [-0.4, -0.2) is 34.3 Å². The standard InChI is InChI=1S/C8H11N3O2/c1-5-6-3-13-8-4-12-2-7(8)11(6)10-9-5/h7-8H,2-4H2,1H3/t7-,8-/m1/s1. The van der Waals surface area contributed by atoms with Gasteiger partial charge in [-0.2, -0.15) is 0 Å². The number of hydrogen-bond donors (Lipinski definition) is 0. The zero-order valence-corrected chi connectivity index (χ0v) is 7.43. The highest BCUT2D eigenvalue weighted by Gasteiger charge is 2.36. The van der Waals surface area contributed by atoms with Crippen molar-refractivity contribution in [2.45, 2.75) is 25.7 Å². The van der Waals surface area contributed by atoms with Crippen LogP contribution in [0.15, 0.2) is 0 Å². The third-order valence-electron chi connectivity index (χ3n) is 2.73. The van der Waals surface area contributed by atoms with Crippen molar-refractivity contribution < 1.29 is 9.47 Å². The molecule has 1 aromatic rings. The summed E-state index contributed by atoms with van der Waals surface area (Å²) in [6.45, 7) is 3.95. The molecule has 0 aliphatic carbocycles. The van der Waals surface area contributed by atoms with Gasteiger partial charge < -0.3 is 9.47 Å². The normalized spacial score (nSPS) is 31.5. The minimum absolute atomic E-state index is 0.175. The Morgan fingerprint density at radius 1 is 1.46 bits per heavy atom. The quantitative estimate of drug-likeness (QED) is 0.567. The van der Waals surface area contributed by atoms with E-state index >= 15 is 0 Å². The first-order valence-electron chi connectivity index (χ1n) is 4.46. The average Bonchev–Trinajstić information content (AvgIpc) is 2.70. The lowest BCUT2D eigenvalue weighted by atomic mass is 10.1. The third kappa shape index (κ3) is 0.941. The number of fused-ring (bicyclic) bond motifs is 3. The van der Waals surface area contributed by atoms with E-state index in [2.05, 4.69) is 10.3 Å². The molecule has 3 heterocycles. The zero-order chi connectivity index (χ0) is 8.84. The van der Waals surface area contributed by atoms with E-state index in [4.69, 9.17) is 9.47 Å². The fraction of sp³-hybridized carbons (Fsp3) is 0.750. The van der Waals surface area contributed by atoms with Crippen molar-refractivity contribution in [3.05, 3.63) is 11.4 Å². The van der Waals surface area contributed by atoms with Crippen molar-refractivity contribution in [1.29, 1.82) is 0 Å². The van der Waals surface area contributed by atoms with Crippen molar-refractivity contribution in [1.82, 2.24) is 15.0 Å². The summed E-state index contributed by atoms with van der Waals surface area (Å²) >= 11 is 0. The van der Waals surface area contributed by atoms with Gasteiger partial charge in [0.2, 0.25) is 0 Å². The van der Waals surface area contributed by atoms with Gasteiger partial charge in [-0.1, -0.05) is 5.21 Å². The third-order valence-corrected chi connectivity index (χ3v) is 2.73. The molecule has 0 spiro atoms. The zero-order valence-electron chi connectivity index (χ0n) is 7.43. The predicted octanol–water partition coefficient (Wildman–Crippen LogP) is 0.0566. The Balaban J connectivity index is 2.06. The van der Waals surface area contributed by atoms with Crippen LogP contribution in [0, 0.1) is 6.92 Å². The molecule has 5 heteroatoms. The molecule has 0 bridgehead atoms. The Morgan fingerprint density at radius 2 is 2.38 bits per heavy atom. The van der Waals surface area contributed by atoms with Gasteiger partial charge in [0, 0.05) is 0 Å². The Kier molecular flexibility index (Phi) is 1.45. The number of ether oxygens (including phenoxy) is 2. The van der Waals surface area contributed by atoms with Gasteiger partial charge in [-0.25, -0.2) is 4.68 Å². The lowest BCUT2D eigenvalue weighted by Gasteiger charge is -2.25. The molecule has 3 rings (SSSR count). The van der Waals surface area contributed by atoms with E-state index in [1.807, 2.05) is 11.6 Å². The SMILES string of the molecule is Cc1nnn2c1CO[C@@H]1COC[C@H]12. The highest BCUT2D eigenvalue weighted by Crippen LogP contribution is 2.29. The summed E-state index contributed by atoms with van der Waals surface area (Å²) in [7, 11) is 0. The maximum atomic E-state index is 5.64. The van der Waals surface area contributed by atoms with Crippen LogP contribution >= 0.6 is 0 Å². The average molecular weight is 181 g/mol. The Morgan fingerprint density at radius 3 is 3.31 bits per heavy atom. The molecule has 70 valence electrons. The molecule has 0 saturated carbocycles. The summed E-state index contributed by atoms with van der Waals surface area (Å²) in [6.07, 6.45) is 0.175. The number of aromatic nitrogens is 3. The molecule has 0 unspecified atom stereocenters. The van der Waals surface area contributed by atoms with Crippen LogP contribution < -0.4 is 0 Å². The maximum absolute atomic E-state index is 5.64. The first-order valence-corrected chi connectivity index (χ1v) is 4.46. The minimum Gasteiger partial charge on any atom is -0.376 e. The number of aryl methyl sites for hydroxylation is 1. The highest BCUT2D eigenvalue weighted by atomic mass is 16.6. The van der Waals surface area contributed by atoms with E-state index in [1.165, 1.54) is 0 Å². The van der Waals surface area contributed by atoms with Crippen LogP contribution in [0.3, 0.4) is 0 Å². The maximum Gasteiger partial charge on any atom is 0.106 e. The van der Waals surface area contributed by atoms with Crippen LogP contribution in [0.1, 0.15) is 17.4 Å². The van der Waals surface area contributed by atoms with E-state index in [0.29, 0.717) is 19.8 Å². The van der Waals surface area contributed by atoms with Crippen molar-refractivity contribution in [2.24, 2.45) is 0 Å². The van der Waals surface area contributed by atoms with E-state index in [9.17, 15) is 0 Å². The molecule has 1 fully saturated rings. The van der Waals surface area contributed by atoms with Crippen LogP contribution in [0.2, 0.25) is 0 Å². The largest absolute Gasteiger partial charge is 0.376 e. The van der Waals surface area contributed by atoms with Gasteiger partial charge in [-0.15, -0.1) is 5.10 Å². The van der Waals surface area contributed by atoms with Crippen LogP contribution in [-0.2, 0) is 16.1 Å². The van der Waals surface area contributed by atoms with Crippen molar-refractivity contribution in [3.63, 3.8) is 0 Å². The lowest BCUT2D eigenvalue weighted by molar-refractivity contribution is -0.00969. The lowest BCUT2D eigenvalue weighted by Crippen LogP contribution is -2.32. The van der Waals surface area contributed by atoms with Gasteiger partial charge in [-0.05, 0) is 6.92 Å². The van der Waals surface area contributed by atoms with Gasteiger partial charge in [0.15, 0.2) is 0 Å². The van der Waals surface area contributed by atoms with Crippen LogP contribution in [0.4, 0.5) is 0 Å². The fourth-order valence-corrected chi connectivity index (χ4v) is 1.93. The van der Waals surface area contributed by atoms with Crippen LogP contribution in [0.5, 0.6) is 0 Å². The number of hydrogen-bond acceptors (Lipinski definition) is 4. The molecule has 2 aliphatic heterocycles. The second-order valence-electron chi connectivity index (χ2n) is 3.52. The number of rotatable bonds is 0. The van der Waals surface area contributed by atoms with Crippen molar-refractivity contribution >= 4 is 0 Å². The molecule has 2 aliphatic rings. The topological polar surface area (TPSA) is 49.2 Å². The smallest absolute Gasteiger partial charge is 0.106 e. The second-order valence-corrected chi connectivity index (χ2v) is 3.52. The summed E-state index contributed by atoms with van der Waals surface area (Å²) in [6, 6.07) is 0.241. The van der Waals surface area contributed by atoms with Gasteiger partial charge >= 0.3 is 0 Å². The summed E-state index contributed by atoms with van der Waals surface area (Å²) in [5.74, 6) is 0. The van der Waals surface area contributed by atoms with E-state index in [1.54, 1.807) is 0 Å². The molecule has 0 amide bonds. The summed E-state index contributed by atoms with van der Waals surface area (Å²) in [5.41, 5.74) is 2.05. The van der Waals surface area contributed by atoms with E-state index < -0.39 is 0 Å². The molecule has 0 aromatic carbocycles. The Bertz CT molecular complexity index is 336. The van der Waals surface area contributed by atoms with Crippen molar-refractivity contribution in [3.8, 4) is 0 Å². The molecular formula is C8H11N3O2. The predicted molar refractivity (Wildman–Crippen MR) is 43.2 cm³/mol. The molecule has 1 aromatic heterocycles.